The van der Waals surface area contributed by atoms with Crippen LogP contribution in [0, 0.1) is 0 Å². The molecule has 0 unspecified atom stereocenters. The molecule has 3 heteroatoms. The fraction of sp³-hybridized carbons (Fsp3) is 0.500. The average Bonchev–Trinajstić information content (AvgIpc) is 1.69. The highest BCUT2D eigenvalue weighted by Crippen LogP contribution is 1.68. The van der Waals surface area contributed by atoms with Crippen molar-refractivity contribution in [1.82, 2.24) is 0 Å². The molecule has 0 saturated carbocycles. The van der Waals surface area contributed by atoms with Gasteiger partial charge in [-0.25, -0.2) is 0 Å². The third-order valence-corrected chi connectivity index (χ3v) is 3.38. The van der Waals surface area contributed by atoms with Crippen molar-refractivity contribution in [3.05, 3.63) is 11.4 Å². The summed E-state index contributed by atoms with van der Waals surface area (Å²) in [6, 6.07) is 0. The van der Waals surface area contributed by atoms with E-state index in [1.54, 1.807) is 0 Å². The molecule has 0 aromatic carbocycles. The molecule has 0 spiro atoms. The SMILES string of the molecule is CCO[SiH2]/C=C/[SiH3]. The Morgan fingerprint density at radius 1 is 1.86 bits per heavy atom. The molecule has 1 nitrogen and oxygen atoms in total. The zero-order valence-electron chi connectivity index (χ0n) is 4.98. The van der Waals surface area contributed by atoms with Gasteiger partial charge in [-0.15, -0.1) is 5.70 Å². The lowest BCUT2D eigenvalue weighted by Crippen LogP contribution is -1.92. The molecular formula is C4H12OSi2. The second-order valence-corrected chi connectivity index (χ2v) is 3.11. The van der Waals surface area contributed by atoms with Gasteiger partial charge in [0.05, 0.1) is 0 Å². The van der Waals surface area contributed by atoms with Crippen LogP contribution in [-0.2, 0) is 4.43 Å². The summed E-state index contributed by atoms with van der Waals surface area (Å²) >= 11 is 0. The molecule has 0 N–H and O–H groups in total. The minimum Gasteiger partial charge on any atom is -0.419 e. The van der Waals surface area contributed by atoms with E-state index in [0.29, 0.717) is 0 Å². The summed E-state index contributed by atoms with van der Waals surface area (Å²) in [4.78, 5) is 0. The van der Waals surface area contributed by atoms with Gasteiger partial charge in [-0.1, -0.05) is 5.70 Å². The maximum absolute atomic E-state index is 5.15. The molecule has 0 aliphatic rings. The van der Waals surface area contributed by atoms with Crippen LogP contribution in [0.3, 0.4) is 0 Å². The normalized spacial score (nSPS) is 12.7. The molecule has 42 valence electrons. The predicted octanol–water partition coefficient (Wildman–Crippen LogP) is -1.06. The molecule has 0 aliphatic heterocycles. The van der Waals surface area contributed by atoms with Crippen molar-refractivity contribution >= 4 is 20.0 Å². The van der Waals surface area contributed by atoms with E-state index in [1.165, 1.54) is 10.2 Å². The lowest BCUT2D eigenvalue weighted by atomic mass is 10.9. The fourth-order valence-electron chi connectivity index (χ4n) is 0.282. The van der Waals surface area contributed by atoms with E-state index in [1.807, 2.05) is 6.92 Å². The molecule has 0 radical (unpaired) electrons. The molecule has 7 heavy (non-hydrogen) atoms. The van der Waals surface area contributed by atoms with E-state index in [0.717, 1.165) is 6.61 Å². The summed E-state index contributed by atoms with van der Waals surface area (Å²) in [6.45, 7) is 2.92. The van der Waals surface area contributed by atoms with Crippen LogP contribution in [0.4, 0.5) is 0 Å². The van der Waals surface area contributed by atoms with Gasteiger partial charge < -0.3 is 4.43 Å². The highest BCUT2D eigenvalue weighted by Gasteiger charge is 1.72. The topological polar surface area (TPSA) is 9.23 Å². The minimum absolute atomic E-state index is 0.235. The third-order valence-electron chi connectivity index (χ3n) is 0.654. The number of rotatable bonds is 3. The molecule has 0 atom stereocenters. The predicted molar refractivity (Wildman–Crippen MR) is 39.2 cm³/mol. The van der Waals surface area contributed by atoms with Gasteiger partial charge >= 0.3 is 0 Å². The summed E-state index contributed by atoms with van der Waals surface area (Å²) in [5, 5.41) is 0. The van der Waals surface area contributed by atoms with E-state index in [9.17, 15) is 0 Å². The molecule has 0 heterocycles. The first-order chi connectivity index (χ1) is 3.41. The Balaban J connectivity index is 2.69. The summed E-state index contributed by atoms with van der Waals surface area (Å²) < 4.78 is 5.15. The van der Waals surface area contributed by atoms with Crippen LogP contribution in [0.5, 0.6) is 0 Å². The number of hydrogen-bond donors (Lipinski definition) is 0. The first-order valence-electron chi connectivity index (χ1n) is 2.60. The Morgan fingerprint density at radius 2 is 2.57 bits per heavy atom. The van der Waals surface area contributed by atoms with Gasteiger partial charge in [0, 0.05) is 16.8 Å². The van der Waals surface area contributed by atoms with Gasteiger partial charge in [-0.3, -0.25) is 0 Å². The van der Waals surface area contributed by atoms with Crippen molar-refractivity contribution in [1.29, 1.82) is 0 Å². The monoisotopic (exact) mass is 132 g/mol. The Bertz CT molecular complexity index is 53.7. The van der Waals surface area contributed by atoms with Gasteiger partial charge in [0.1, 0.15) is 0 Å². The first-order valence-corrected chi connectivity index (χ1v) is 5.15. The quantitative estimate of drug-likeness (QED) is 0.351. The van der Waals surface area contributed by atoms with E-state index in [-0.39, 0.29) is 9.76 Å². The molecule has 0 bridgehead atoms. The van der Waals surface area contributed by atoms with Crippen LogP contribution in [0.2, 0.25) is 0 Å². The van der Waals surface area contributed by atoms with E-state index in [2.05, 4.69) is 11.4 Å². The van der Waals surface area contributed by atoms with Crippen LogP contribution < -0.4 is 0 Å². The molecular weight excluding hydrogens is 120 g/mol. The van der Waals surface area contributed by atoms with Crippen LogP contribution in [0.1, 0.15) is 6.92 Å². The molecule has 0 aliphatic carbocycles. The van der Waals surface area contributed by atoms with Gasteiger partial charge in [-0.05, 0) is 6.92 Å². The van der Waals surface area contributed by atoms with Crippen LogP contribution in [0.15, 0.2) is 11.4 Å². The summed E-state index contributed by atoms with van der Waals surface area (Å²) in [7, 11) is 0.945. The van der Waals surface area contributed by atoms with E-state index < -0.39 is 0 Å². The highest BCUT2D eigenvalue weighted by molar-refractivity contribution is 6.37. The summed E-state index contributed by atoms with van der Waals surface area (Å²) in [5.41, 5.74) is 4.37. The molecule has 0 aromatic rings. The Labute approximate surface area is 50.1 Å². The largest absolute Gasteiger partial charge is 0.419 e. The van der Waals surface area contributed by atoms with Crippen molar-refractivity contribution in [2.45, 2.75) is 6.92 Å². The zero-order valence-corrected chi connectivity index (χ0v) is 8.39. The van der Waals surface area contributed by atoms with Crippen molar-refractivity contribution in [3.8, 4) is 0 Å². The first kappa shape index (κ1) is 7.13. The van der Waals surface area contributed by atoms with Gasteiger partial charge in [0.25, 0.3) is 0 Å². The summed E-state index contributed by atoms with van der Waals surface area (Å²) in [6.07, 6.45) is 0. The minimum atomic E-state index is -0.235. The summed E-state index contributed by atoms with van der Waals surface area (Å²) in [5.74, 6) is 0. The molecule has 0 amide bonds. The van der Waals surface area contributed by atoms with Crippen LogP contribution >= 0.6 is 0 Å². The fourth-order valence-corrected chi connectivity index (χ4v) is 1.42. The lowest BCUT2D eigenvalue weighted by molar-refractivity contribution is 0.366. The smallest absolute Gasteiger partial charge is 0.184 e. The maximum Gasteiger partial charge on any atom is 0.184 e. The third kappa shape index (κ3) is 6.13. The molecule has 0 fully saturated rings. The highest BCUT2D eigenvalue weighted by atomic mass is 28.2. The number of hydrogen-bond acceptors (Lipinski definition) is 1. The Morgan fingerprint density at radius 3 is 3.00 bits per heavy atom. The van der Waals surface area contributed by atoms with Crippen molar-refractivity contribution < 1.29 is 4.43 Å². The van der Waals surface area contributed by atoms with E-state index >= 15 is 0 Å². The molecule has 0 rings (SSSR count). The van der Waals surface area contributed by atoms with Crippen LogP contribution in [-0.4, -0.2) is 26.6 Å². The van der Waals surface area contributed by atoms with Crippen molar-refractivity contribution in [3.63, 3.8) is 0 Å². The van der Waals surface area contributed by atoms with Crippen molar-refractivity contribution in [2.24, 2.45) is 0 Å². The second kappa shape index (κ2) is 6.13. The van der Waals surface area contributed by atoms with Gasteiger partial charge in [0.15, 0.2) is 9.76 Å². The standard InChI is InChI=1S/C4H12OSi2/c1-2-5-7-4-3-6/h3-4H,2,7H2,1,6H3/b4-3+. The van der Waals surface area contributed by atoms with Gasteiger partial charge in [0.2, 0.25) is 0 Å². The average molecular weight is 132 g/mol. The van der Waals surface area contributed by atoms with Gasteiger partial charge in [-0.2, -0.15) is 0 Å². The molecule has 0 aromatic heterocycles. The lowest BCUT2D eigenvalue weighted by Gasteiger charge is -1.88. The maximum atomic E-state index is 5.15. The van der Waals surface area contributed by atoms with Crippen LogP contribution in [0.25, 0.3) is 0 Å². The Kier molecular flexibility index (Phi) is 6.25. The van der Waals surface area contributed by atoms with Crippen molar-refractivity contribution in [2.75, 3.05) is 6.61 Å². The second-order valence-electron chi connectivity index (χ2n) is 1.23. The molecule has 0 saturated heterocycles. The van der Waals surface area contributed by atoms with E-state index in [4.69, 9.17) is 4.43 Å². The Hall–Kier alpha value is 0.134. The zero-order chi connectivity index (χ0) is 5.54.